The summed E-state index contributed by atoms with van der Waals surface area (Å²) in [6.07, 6.45) is 3.06. The van der Waals surface area contributed by atoms with Crippen LogP contribution in [0.25, 0.3) is 0 Å². The number of thioether (sulfide) groups is 1. The molecule has 0 saturated heterocycles. The Hall–Kier alpha value is -2.41. The van der Waals surface area contributed by atoms with Crippen LogP contribution in [0.15, 0.2) is 33.8 Å². The number of methoxy groups -OCH3 is 1. The first-order valence-corrected chi connectivity index (χ1v) is 8.85. The molecule has 0 atom stereocenters. The van der Waals surface area contributed by atoms with Crippen LogP contribution in [0.1, 0.15) is 27.2 Å². The predicted molar refractivity (Wildman–Crippen MR) is 95.4 cm³/mol. The highest BCUT2D eigenvalue weighted by Gasteiger charge is 2.23. The van der Waals surface area contributed by atoms with Gasteiger partial charge in [0.1, 0.15) is 17.9 Å². The van der Waals surface area contributed by atoms with Crippen LogP contribution in [0.5, 0.6) is 5.75 Å². The van der Waals surface area contributed by atoms with E-state index in [9.17, 15) is 9.59 Å². The number of aliphatic carboxylic acids is 1. The quantitative estimate of drug-likeness (QED) is 0.761. The van der Waals surface area contributed by atoms with Gasteiger partial charge in [-0.1, -0.05) is 6.07 Å². The van der Waals surface area contributed by atoms with Gasteiger partial charge >= 0.3 is 5.97 Å². The van der Waals surface area contributed by atoms with Crippen molar-refractivity contribution in [3.05, 3.63) is 46.9 Å². The lowest BCUT2D eigenvalue weighted by atomic mass is 10.1. The SMILES string of the molecule is COc1cc(CN(C)C(=O)c2c(C)coc2CC(=O)O)ccc1SC. The summed E-state index contributed by atoms with van der Waals surface area (Å²) in [7, 11) is 3.29. The van der Waals surface area contributed by atoms with Crippen molar-refractivity contribution in [2.24, 2.45) is 0 Å². The van der Waals surface area contributed by atoms with E-state index >= 15 is 0 Å². The van der Waals surface area contributed by atoms with E-state index < -0.39 is 5.97 Å². The second-order valence-electron chi connectivity index (χ2n) is 5.64. The van der Waals surface area contributed by atoms with Crippen molar-refractivity contribution in [3.63, 3.8) is 0 Å². The van der Waals surface area contributed by atoms with Gasteiger partial charge in [-0.2, -0.15) is 0 Å². The molecular weight excluding hydrogens is 342 g/mol. The van der Waals surface area contributed by atoms with E-state index in [4.69, 9.17) is 14.3 Å². The van der Waals surface area contributed by atoms with Gasteiger partial charge in [-0.05, 0) is 30.9 Å². The molecule has 1 aromatic carbocycles. The highest BCUT2D eigenvalue weighted by Crippen LogP contribution is 2.29. The Morgan fingerprint density at radius 1 is 1.36 bits per heavy atom. The number of benzene rings is 1. The number of aryl methyl sites for hydroxylation is 1. The van der Waals surface area contributed by atoms with Crippen molar-refractivity contribution in [1.82, 2.24) is 4.90 Å². The molecule has 0 spiro atoms. The normalized spacial score (nSPS) is 10.6. The zero-order valence-electron chi connectivity index (χ0n) is 14.7. The maximum absolute atomic E-state index is 12.7. The van der Waals surface area contributed by atoms with Crippen LogP contribution in [-0.2, 0) is 17.8 Å². The third-order valence-corrected chi connectivity index (χ3v) is 4.57. The molecule has 1 amide bonds. The molecule has 0 unspecified atom stereocenters. The molecule has 0 fully saturated rings. The van der Waals surface area contributed by atoms with Crippen molar-refractivity contribution in [2.45, 2.75) is 24.8 Å². The van der Waals surface area contributed by atoms with Gasteiger partial charge in [-0.3, -0.25) is 9.59 Å². The van der Waals surface area contributed by atoms with E-state index in [0.717, 1.165) is 16.2 Å². The fraction of sp³-hybridized carbons (Fsp3) is 0.333. The van der Waals surface area contributed by atoms with Crippen LogP contribution in [-0.4, -0.2) is 42.3 Å². The Morgan fingerprint density at radius 3 is 2.68 bits per heavy atom. The van der Waals surface area contributed by atoms with E-state index in [0.29, 0.717) is 17.7 Å². The highest BCUT2D eigenvalue weighted by molar-refractivity contribution is 7.98. The second kappa shape index (κ2) is 8.11. The molecule has 2 rings (SSSR count). The monoisotopic (exact) mass is 363 g/mol. The van der Waals surface area contributed by atoms with Crippen molar-refractivity contribution < 1.29 is 23.8 Å². The molecule has 25 heavy (non-hydrogen) atoms. The summed E-state index contributed by atoms with van der Waals surface area (Å²) in [5.74, 6) is -0.368. The van der Waals surface area contributed by atoms with E-state index in [1.54, 1.807) is 32.8 Å². The number of furan rings is 1. The summed E-state index contributed by atoms with van der Waals surface area (Å²) < 4.78 is 10.6. The minimum absolute atomic E-state index is 0.178. The van der Waals surface area contributed by atoms with Crippen LogP contribution in [0.2, 0.25) is 0 Å². The maximum Gasteiger partial charge on any atom is 0.311 e. The van der Waals surface area contributed by atoms with Crippen LogP contribution in [0.4, 0.5) is 0 Å². The van der Waals surface area contributed by atoms with Crippen LogP contribution >= 0.6 is 11.8 Å². The summed E-state index contributed by atoms with van der Waals surface area (Å²) in [5.41, 5.74) is 1.87. The van der Waals surface area contributed by atoms with Crippen LogP contribution in [0.3, 0.4) is 0 Å². The second-order valence-corrected chi connectivity index (χ2v) is 6.49. The molecule has 0 bridgehead atoms. The van der Waals surface area contributed by atoms with Gasteiger partial charge in [0.15, 0.2) is 0 Å². The number of nitrogens with zero attached hydrogens (tertiary/aromatic N) is 1. The van der Waals surface area contributed by atoms with Gasteiger partial charge in [-0.15, -0.1) is 11.8 Å². The minimum atomic E-state index is -1.04. The summed E-state index contributed by atoms with van der Waals surface area (Å²) in [5, 5.41) is 8.96. The third-order valence-electron chi connectivity index (χ3n) is 3.79. The van der Waals surface area contributed by atoms with Crippen molar-refractivity contribution in [3.8, 4) is 5.75 Å². The first-order valence-electron chi connectivity index (χ1n) is 7.62. The number of ether oxygens (including phenoxy) is 1. The first kappa shape index (κ1) is 18.9. The van der Waals surface area contributed by atoms with Gasteiger partial charge in [-0.25, -0.2) is 0 Å². The molecular formula is C18H21NO5S. The van der Waals surface area contributed by atoms with E-state index in [-0.39, 0.29) is 18.1 Å². The molecule has 1 heterocycles. The van der Waals surface area contributed by atoms with Crippen molar-refractivity contribution in [2.75, 3.05) is 20.4 Å². The number of hydrogen-bond donors (Lipinski definition) is 1. The van der Waals surface area contributed by atoms with E-state index in [1.165, 1.54) is 11.2 Å². The molecule has 0 aliphatic heterocycles. The van der Waals surface area contributed by atoms with Gasteiger partial charge < -0.3 is 19.2 Å². The number of rotatable bonds is 7. The zero-order valence-corrected chi connectivity index (χ0v) is 15.5. The lowest BCUT2D eigenvalue weighted by Crippen LogP contribution is -2.27. The number of amides is 1. The Kier molecular flexibility index (Phi) is 6.14. The maximum atomic E-state index is 12.7. The molecule has 0 aliphatic rings. The number of carboxylic acids is 1. The molecule has 2 aromatic rings. The molecule has 0 saturated carbocycles. The standard InChI is InChI=1S/C18H21NO5S/c1-11-10-24-14(8-16(20)21)17(11)18(22)19(2)9-12-5-6-15(25-4)13(7-12)23-3/h5-7,10H,8-9H2,1-4H3,(H,20,21). The fourth-order valence-electron chi connectivity index (χ4n) is 2.57. The largest absolute Gasteiger partial charge is 0.496 e. The van der Waals surface area contributed by atoms with Gasteiger partial charge in [0.25, 0.3) is 5.91 Å². The van der Waals surface area contributed by atoms with Gasteiger partial charge in [0, 0.05) is 24.1 Å². The number of carbonyl (C=O) groups is 2. The number of carbonyl (C=O) groups excluding carboxylic acids is 1. The Balaban J connectivity index is 2.21. The van der Waals surface area contributed by atoms with Crippen LogP contribution < -0.4 is 4.74 Å². The lowest BCUT2D eigenvalue weighted by Gasteiger charge is -2.18. The summed E-state index contributed by atoms with van der Waals surface area (Å²) in [6.45, 7) is 2.10. The molecule has 0 aliphatic carbocycles. The lowest BCUT2D eigenvalue weighted by molar-refractivity contribution is -0.136. The zero-order chi connectivity index (χ0) is 18.6. The van der Waals surface area contributed by atoms with E-state index in [2.05, 4.69) is 0 Å². The van der Waals surface area contributed by atoms with Gasteiger partial charge in [0.2, 0.25) is 0 Å². The average molecular weight is 363 g/mol. The van der Waals surface area contributed by atoms with Crippen molar-refractivity contribution >= 4 is 23.6 Å². The molecule has 6 nitrogen and oxygen atoms in total. The molecule has 1 N–H and O–H groups in total. The Labute approximate surface area is 150 Å². The Morgan fingerprint density at radius 2 is 2.08 bits per heavy atom. The fourth-order valence-corrected chi connectivity index (χ4v) is 3.12. The smallest absolute Gasteiger partial charge is 0.311 e. The van der Waals surface area contributed by atoms with Crippen LogP contribution in [0, 0.1) is 6.92 Å². The third kappa shape index (κ3) is 4.36. The molecule has 1 aromatic heterocycles. The van der Waals surface area contributed by atoms with Crippen molar-refractivity contribution in [1.29, 1.82) is 0 Å². The Bertz CT molecular complexity index is 784. The molecule has 0 radical (unpaired) electrons. The number of carboxylic acid groups (broad SMARTS) is 1. The average Bonchev–Trinajstić information content (AvgIpc) is 2.93. The molecule has 7 heteroatoms. The summed E-state index contributed by atoms with van der Waals surface area (Å²) in [6, 6.07) is 5.80. The van der Waals surface area contributed by atoms with E-state index in [1.807, 2.05) is 24.5 Å². The first-order chi connectivity index (χ1) is 11.9. The summed E-state index contributed by atoms with van der Waals surface area (Å²) in [4.78, 5) is 26.3. The minimum Gasteiger partial charge on any atom is -0.496 e. The van der Waals surface area contributed by atoms with Gasteiger partial charge in [0.05, 0.1) is 18.9 Å². The topological polar surface area (TPSA) is 80.0 Å². The highest BCUT2D eigenvalue weighted by atomic mass is 32.2. The predicted octanol–water partition coefficient (Wildman–Crippen LogP) is 3.22. The number of hydrogen-bond acceptors (Lipinski definition) is 5. The molecule has 134 valence electrons. The summed E-state index contributed by atoms with van der Waals surface area (Å²) >= 11 is 1.59.